The lowest BCUT2D eigenvalue weighted by molar-refractivity contribution is 0.327. The molecule has 0 aliphatic rings. The van der Waals surface area contributed by atoms with Crippen molar-refractivity contribution in [2.45, 2.75) is 11.8 Å². The van der Waals surface area contributed by atoms with E-state index in [9.17, 15) is 8.42 Å². The zero-order valence-electron chi connectivity index (χ0n) is 11.9. The molecule has 2 aromatic carbocycles. The molecule has 2 aromatic rings. The van der Waals surface area contributed by atoms with E-state index in [4.69, 9.17) is 37.4 Å². The molecule has 0 saturated heterocycles. The Bertz CT molecular complexity index is 855. The summed E-state index contributed by atoms with van der Waals surface area (Å²) in [5.41, 5.74) is 0.314. The van der Waals surface area contributed by atoms with Gasteiger partial charge >= 0.3 is 10.1 Å². The Morgan fingerprint density at radius 3 is 2.35 bits per heavy atom. The van der Waals surface area contributed by atoms with E-state index >= 15 is 0 Å². The summed E-state index contributed by atoms with van der Waals surface area (Å²) in [5, 5.41) is 8.80. The number of ether oxygens (including phenoxy) is 1. The van der Waals surface area contributed by atoms with Crippen LogP contribution in [0.15, 0.2) is 41.3 Å². The molecule has 23 heavy (non-hydrogen) atoms. The smallest absolute Gasteiger partial charge is 0.342 e. The van der Waals surface area contributed by atoms with Crippen LogP contribution in [0, 0.1) is 11.3 Å². The molecule has 0 amide bonds. The third kappa shape index (κ3) is 3.88. The van der Waals surface area contributed by atoms with Crippen molar-refractivity contribution >= 4 is 33.3 Å². The van der Waals surface area contributed by atoms with Gasteiger partial charge in [0.1, 0.15) is 4.90 Å². The molecular weight excluding hydrogens is 361 g/mol. The van der Waals surface area contributed by atoms with Crippen LogP contribution in [0.5, 0.6) is 11.5 Å². The fraction of sp³-hybridized carbons (Fsp3) is 0.133. The molecule has 0 aliphatic heterocycles. The Hall–Kier alpha value is -1.94. The second kappa shape index (κ2) is 7.09. The van der Waals surface area contributed by atoms with Gasteiger partial charge in [0.25, 0.3) is 0 Å². The number of benzene rings is 2. The molecule has 120 valence electrons. The van der Waals surface area contributed by atoms with Crippen LogP contribution in [0.25, 0.3) is 0 Å². The molecule has 0 heterocycles. The van der Waals surface area contributed by atoms with Gasteiger partial charge in [0.05, 0.1) is 28.3 Å². The van der Waals surface area contributed by atoms with Crippen LogP contribution >= 0.6 is 23.2 Å². The average Bonchev–Trinajstić information content (AvgIpc) is 2.48. The Morgan fingerprint density at radius 1 is 1.13 bits per heavy atom. The van der Waals surface area contributed by atoms with Crippen molar-refractivity contribution in [2.75, 3.05) is 6.61 Å². The van der Waals surface area contributed by atoms with Crippen LogP contribution in [0.4, 0.5) is 0 Å². The van der Waals surface area contributed by atoms with Crippen LogP contribution in [-0.4, -0.2) is 15.0 Å². The molecule has 0 aliphatic carbocycles. The minimum atomic E-state index is -4.26. The SMILES string of the molecule is CCOc1cc(C#N)ccc1OS(=O)(=O)c1c(Cl)cccc1Cl. The Balaban J connectivity index is 2.48. The third-order valence-corrected chi connectivity index (χ3v) is 4.93. The van der Waals surface area contributed by atoms with E-state index in [0.717, 1.165) is 0 Å². The number of hydrogen-bond acceptors (Lipinski definition) is 5. The van der Waals surface area contributed by atoms with E-state index in [1.807, 2.05) is 6.07 Å². The minimum Gasteiger partial charge on any atom is -0.490 e. The number of nitrogens with zero attached hydrogens (tertiary/aromatic N) is 1. The summed E-state index contributed by atoms with van der Waals surface area (Å²) < 4.78 is 35.3. The first kappa shape index (κ1) is 17.4. The van der Waals surface area contributed by atoms with E-state index < -0.39 is 10.1 Å². The third-order valence-electron chi connectivity index (χ3n) is 2.74. The van der Waals surface area contributed by atoms with Gasteiger partial charge in [-0.2, -0.15) is 13.7 Å². The van der Waals surface area contributed by atoms with Gasteiger partial charge in [-0.3, -0.25) is 0 Å². The van der Waals surface area contributed by atoms with Crippen molar-refractivity contribution in [1.29, 1.82) is 5.26 Å². The second-order valence-corrected chi connectivity index (χ2v) is 6.59. The van der Waals surface area contributed by atoms with Crippen molar-refractivity contribution in [3.8, 4) is 17.6 Å². The van der Waals surface area contributed by atoms with Crippen molar-refractivity contribution < 1.29 is 17.3 Å². The predicted molar refractivity (Wildman–Crippen MR) is 86.6 cm³/mol. The normalized spacial score (nSPS) is 10.9. The fourth-order valence-electron chi connectivity index (χ4n) is 1.80. The molecule has 5 nitrogen and oxygen atoms in total. The maximum atomic E-state index is 12.4. The van der Waals surface area contributed by atoms with Crippen molar-refractivity contribution in [2.24, 2.45) is 0 Å². The fourth-order valence-corrected chi connectivity index (χ4v) is 3.83. The molecule has 0 fully saturated rings. The zero-order chi connectivity index (χ0) is 17.0. The molecule has 0 unspecified atom stereocenters. The highest BCUT2D eigenvalue weighted by atomic mass is 35.5. The maximum Gasteiger partial charge on any atom is 0.342 e. The first-order valence-corrected chi connectivity index (χ1v) is 8.61. The summed E-state index contributed by atoms with van der Waals surface area (Å²) in [6.07, 6.45) is 0. The Morgan fingerprint density at radius 2 is 1.78 bits per heavy atom. The summed E-state index contributed by atoms with van der Waals surface area (Å²) in [6, 6.07) is 10.4. The van der Waals surface area contributed by atoms with Gasteiger partial charge in [0, 0.05) is 6.07 Å². The molecule has 0 bridgehead atoms. The maximum absolute atomic E-state index is 12.4. The Kier molecular flexibility index (Phi) is 5.37. The largest absolute Gasteiger partial charge is 0.490 e. The van der Waals surface area contributed by atoms with Gasteiger partial charge < -0.3 is 8.92 Å². The number of nitriles is 1. The topological polar surface area (TPSA) is 76.4 Å². The number of halogens is 2. The standard InChI is InChI=1S/C15H11Cl2NO4S/c1-2-21-14-8-10(9-18)6-7-13(14)22-23(19,20)15-11(16)4-3-5-12(15)17/h3-8H,2H2,1H3. The quantitative estimate of drug-likeness (QED) is 0.741. The molecule has 0 radical (unpaired) electrons. The summed E-state index contributed by atoms with van der Waals surface area (Å²) in [4.78, 5) is -0.324. The molecule has 0 aromatic heterocycles. The number of hydrogen-bond donors (Lipinski definition) is 0. The van der Waals surface area contributed by atoms with E-state index in [1.54, 1.807) is 6.92 Å². The van der Waals surface area contributed by atoms with Gasteiger partial charge in [0.15, 0.2) is 11.5 Å². The second-order valence-electron chi connectivity index (χ2n) is 4.29. The van der Waals surface area contributed by atoms with E-state index in [2.05, 4.69) is 0 Å². The summed E-state index contributed by atoms with van der Waals surface area (Å²) >= 11 is 11.8. The van der Waals surface area contributed by atoms with Crippen molar-refractivity contribution in [3.63, 3.8) is 0 Å². The predicted octanol–water partition coefficient (Wildman–Crippen LogP) is 4.03. The van der Waals surface area contributed by atoms with Gasteiger partial charge in [0.2, 0.25) is 0 Å². The van der Waals surface area contributed by atoms with E-state index in [1.165, 1.54) is 36.4 Å². The van der Waals surface area contributed by atoms with Gasteiger partial charge in [-0.1, -0.05) is 29.3 Å². The van der Waals surface area contributed by atoms with E-state index in [0.29, 0.717) is 5.56 Å². The Labute approximate surface area is 144 Å². The molecule has 0 saturated carbocycles. The van der Waals surface area contributed by atoms with Gasteiger partial charge in [-0.15, -0.1) is 0 Å². The van der Waals surface area contributed by atoms with Crippen LogP contribution < -0.4 is 8.92 Å². The van der Waals surface area contributed by atoms with Crippen molar-refractivity contribution in [3.05, 3.63) is 52.0 Å². The molecule has 2 rings (SSSR count). The molecule has 0 N–H and O–H groups in total. The first-order valence-electron chi connectivity index (χ1n) is 6.44. The monoisotopic (exact) mass is 371 g/mol. The van der Waals surface area contributed by atoms with E-state index in [-0.39, 0.29) is 33.0 Å². The lowest BCUT2D eigenvalue weighted by Crippen LogP contribution is -2.12. The zero-order valence-corrected chi connectivity index (χ0v) is 14.2. The highest BCUT2D eigenvalue weighted by molar-refractivity contribution is 7.87. The molecular formula is C15H11Cl2NO4S. The lowest BCUT2D eigenvalue weighted by atomic mass is 10.2. The molecule has 8 heteroatoms. The van der Waals surface area contributed by atoms with Crippen LogP contribution in [0.3, 0.4) is 0 Å². The number of rotatable bonds is 5. The van der Waals surface area contributed by atoms with Gasteiger partial charge in [-0.25, -0.2) is 0 Å². The first-order chi connectivity index (χ1) is 10.9. The molecule has 0 spiro atoms. The van der Waals surface area contributed by atoms with Crippen LogP contribution in [0.1, 0.15) is 12.5 Å². The minimum absolute atomic E-state index is 0.0518. The van der Waals surface area contributed by atoms with Crippen molar-refractivity contribution in [1.82, 2.24) is 0 Å². The van der Waals surface area contributed by atoms with Gasteiger partial charge in [-0.05, 0) is 31.2 Å². The highest BCUT2D eigenvalue weighted by Gasteiger charge is 2.25. The highest BCUT2D eigenvalue weighted by Crippen LogP contribution is 2.35. The summed E-state index contributed by atoms with van der Waals surface area (Å²) in [5.74, 6) is 0.0835. The molecule has 0 atom stereocenters. The lowest BCUT2D eigenvalue weighted by Gasteiger charge is -2.13. The van der Waals surface area contributed by atoms with Crippen LogP contribution in [0.2, 0.25) is 10.0 Å². The van der Waals surface area contributed by atoms with Crippen LogP contribution in [-0.2, 0) is 10.1 Å². The summed E-state index contributed by atoms with van der Waals surface area (Å²) in [7, 11) is -4.26. The summed E-state index contributed by atoms with van der Waals surface area (Å²) in [6.45, 7) is 2.00. The average molecular weight is 372 g/mol.